The molecule has 0 bridgehead atoms. The summed E-state index contributed by atoms with van der Waals surface area (Å²) in [6, 6.07) is 13.0. The molecule has 4 nitrogen and oxygen atoms in total. The standard InChI is InChI=1S/C14H10FN3O/c15-11-6-4-9(5-7-11)13-17-18-14(19-13)10-2-1-3-12(16)8-10/h1-8H,16H2. The monoisotopic (exact) mass is 255 g/mol. The number of hydrogen-bond donors (Lipinski definition) is 1. The largest absolute Gasteiger partial charge is 0.416 e. The lowest BCUT2D eigenvalue weighted by molar-refractivity contribution is 0.584. The molecular weight excluding hydrogens is 245 g/mol. The second kappa shape index (κ2) is 4.53. The van der Waals surface area contributed by atoms with Crippen LogP contribution in [0.2, 0.25) is 0 Å². The molecule has 0 aliphatic rings. The second-order valence-corrected chi connectivity index (χ2v) is 4.04. The maximum absolute atomic E-state index is 12.8. The number of nitrogen functional groups attached to an aromatic ring is 1. The van der Waals surface area contributed by atoms with E-state index in [-0.39, 0.29) is 5.82 Å². The van der Waals surface area contributed by atoms with E-state index in [0.717, 1.165) is 5.56 Å². The van der Waals surface area contributed by atoms with Crippen molar-refractivity contribution in [3.63, 3.8) is 0 Å². The molecule has 3 rings (SSSR count). The van der Waals surface area contributed by atoms with E-state index in [1.54, 1.807) is 24.3 Å². The van der Waals surface area contributed by atoms with E-state index in [1.165, 1.54) is 12.1 Å². The molecule has 0 radical (unpaired) electrons. The van der Waals surface area contributed by atoms with E-state index >= 15 is 0 Å². The van der Waals surface area contributed by atoms with Gasteiger partial charge in [-0.25, -0.2) is 4.39 Å². The number of nitrogens with zero attached hydrogens (tertiary/aromatic N) is 2. The van der Waals surface area contributed by atoms with Crippen molar-refractivity contribution in [2.24, 2.45) is 0 Å². The fraction of sp³-hybridized carbons (Fsp3) is 0. The maximum atomic E-state index is 12.8. The minimum absolute atomic E-state index is 0.306. The molecule has 0 fully saturated rings. The Hall–Kier alpha value is -2.69. The van der Waals surface area contributed by atoms with Crippen molar-refractivity contribution < 1.29 is 8.81 Å². The number of nitrogens with two attached hydrogens (primary N) is 1. The first-order chi connectivity index (χ1) is 9.22. The van der Waals surface area contributed by atoms with E-state index < -0.39 is 0 Å². The van der Waals surface area contributed by atoms with Gasteiger partial charge in [-0.15, -0.1) is 10.2 Å². The summed E-state index contributed by atoms with van der Waals surface area (Å²) >= 11 is 0. The van der Waals surface area contributed by atoms with Crippen LogP contribution in [0.3, 0.4) is 0 Å². The van der Waals surface area contributed by atoms with E-state index in [0.29, 0.717) is 23.0 Å². The first kappa shape index (κ1) is 11.4. The Morgan fingerprint density at radius 1 is 0.895 bits per heavy atom. The van der Waals surface area contributed by atoms with Gasteiger partial charge in [0.15, 0.2) is 0 Å². The third kappa shape index (κ3) is 2.30. The predicted molar refractivity (Wildman–Crippen MR) is 69.5 cm³/mol. The number of hydrogen-bond acceptors (Lipinski definition) is 4. The van der Waals surface area contributed by atoms with Gasteiger partial charge in [0.25, 0.3) is 0 Å². The van der Waals surface area contributed by atoms with Gasteiger partial charge in [0.05, 0.1) is 0 Å². The summed E-state index contributed by atoms with van der Waals surface area (Å²) in [7, 11) is 0. The zero-order valence-electron chi connectivity index (χ0n) is 9.88. The van der Waals surface area contributed by atoms with E-state index in [4.69, 9.17) is 10.2 Å². The summed E-state index contributed by atoms with van der Waals surface area (Å²) in [5.74, 6) is 0.420. The maximum Gasteiger partial charge on any atom is 0.248 e. The van der Waals surface area contributed by atoms with Crippen LogP contribution in [0, 0.1) is 5.82 Å². The molecule has 0 aliphatic carbocycles. The van der Waals surface area contributed by atoms with Crippen LogP contribution >= 0.6 is 0 Å². The molecule has 0 atom stereocenters. The summed E-state index contributed by atoms with van der Waals surface area (Å²) in [6.45, 7) is 0. The van der Waals surface area contributed by atoms with E-state index in [1.807, 2.05) is 12.1 Å². The highest BCUT2D eigenvalue weighted by atomic mass is 19.1. The van der Waals surface area contributed by atoms with Crippen LogP contribution in [-0.2, 0) is 0 Å². The van der Waals surface area contributed by atoms with Gasteiger partial charge in [-0.2, -0.15) is 0 Å². The first-order valence-corrected chi connectivity index (χ1v) is 5.68. The molecule has 0 aliphatic heterocycles. The van der Waals surface area contributed by atoms with Crippen molar-refractivity contribution in [1.82, 2.24) is 10.2 Å². The van der Waals surface area contributed by atoms with Crippen molar-refractivity contribution in [3.05, 3.63) is 54.3 Å². The predicted octanol–water partition coefficient (Wildman–Crippen LogP) is 3.12. The third-order valence-corrected chi connectivity index (χ3v) is 2.65. The Bertz CT molecular complexity index is 707. The van der Waals surface area contributed by atoms with Gasteiger partial charge in [-0.1, -0.05) is 6.07 Å². The lowest BCUT2D eigenvalue weighted by atomic mass is 10.2. The van der Waals surface area contributed by atoms with Crippen LogP contribution in [0.1, 0.15) is 0 Å². The molecule has 0 amide bonds. The Balaban J connectivity index is 1.97. The van der Waals surface area contributed by atoms with Gasteiger partial charge >= 0.3 is 0 Å². The van der Waals surface area contributed by atoms with Crippen molar-refractivity contribution >= 4 is 5.69 Å². The van der Waals surface area contributed by atoms with E-state index in [9.17, 15) is 4.39 Å². The van der Waals surface area contributed by atoms with Gasteiger partial charge in [-0.3, -0.25) is 0 Å². The topological polar surface area (TPSA) is 64.9 Å². The molecule has 94 valence electrons. The summed E-state index contributed by atoms with van der Waals surface area (Å²) in [5.41, 5.74) is 7.74. The number of benzene rings is 2. The smallest absolute Gasteiger partial charge is 0.248 e. The van der Waals surface area contributed by atoms with Gasteiger partial charge < -0.3 is 10.2 Å². The molecule has 1 heterocycles. The second-order valence-electron chi connectivity index (χ2n) is 4.04. The fourth-order valence-electron chi connectivity index (χ4n) is 1.72. The molecule has 1 aromatic heterocycles. The number of anilines is 1. The normalized spacial score (nSPS) is 10.6. The third-order valence-electron chi connectivity index (χ3n) is 2.65. The molecule has 3 aromatic rings. The summed E-state index contributed by atoms with van der Waals surface area (Å²) in [5, 5.41) is 7.90. The lowest BCUT2D eigenvalue weighted by Gasteiger charge is -1.96. The number of halogens is 1. The molecule has 0 saturated heterocycles. The molecule has 0 spiro atoms. The molecule has 2 N–H and O–H groups in total. The van der Waals surface area contributed by atoms with Gasteiger partial charge in [0, 0.05) is 16.8 Å². The van der Waals surface area contributed by atoms with Crippen molar-refractivity contribution in [2.45, 2.75) is 0 Å². The SMILES string of the molecule is Nc1cccc(-c2nnc(-c3ccc(F)cc3)o2)c1. The molecule has 5 heteroatoms. The molecular formula is C14H10FN3O. The van der Waals surface area contributed by atoms with Crippen molar-refractivity contribution in [3.8, 4) is 22.9 Å². The zero-order chi connectivity index (χ0) is 13.2. The Kier molecular flexibility index (Phi) is 2.72. The van der Waals surface area contributed by atoms with Crippen LogP contribution in [-0.4, -0.2) is 10.2 Å². The van der Waals surface area contributed by atoms with Crippen molar-refractivity contribution in [2.75, 3.05) is 5.73 Å². The highest BCUT2D eigenvalue weighted by Crippen LogP contribution is 2.24. The highest BCUT2D eigenvalue weighted by molar-refractivity contribution is 5.61. The van der Waals surface area contributed by atoms with E-state index in [2.05, 4.69) is 10.2 Å². The first-order valence-electron chi connectivity index (χ1n) is 5.68. The zero-order valence-corrected chi connectivity index (χ0v) is 9.88. The number of rotatable bonds is 2. The Labute approximate surface area is 108 Å². The Morgan fingerprint density at radius 2 is 1.58 bits per heavy atom. The van der Waals surface area contributed by atoms with Crippen molar-refractivity contribution in [1.29, 1.82) is 0 Å². The molecule has 0 saturated carbocycles. The quantitative estimate of drug-likeness (QED) is 0.714. The summed E-state index contributed by atoms with van der Waals surface area (Å²) in [4.78, 5) is 0. The highest BCUT2D eigenvalue weighted by Gasteiger charge is 2.10. The molecule has 19 heavy (non-hydrogen) atoms. The van der Waals surface area contributed by atoms with Crippen LogP contribution < -0.4 is 5.73 Å². The average Bonchev–Trinajstić information content (AvgIpc) is 2.89. The number of aromatic nitrogens is 2. The minimum Gasteiger partial charge on any atom is -0.416 e. The Morgan fingerprint density at radius 3 is 2.26 bits per heavy atom. The lowest BCUT2D eigenvalue weighted by Crippen LogP contribution is -1.84. The molecule has 2 aromatic carbocycles. The van der Waals surface area contributed by atoms with Crippen LogP contribution in [0.5, 0.6) is 0 Å². The fourth-order valence-corrected chi connectivity index (χ4v) is 1.72. The minimum atomic E-state index is -0.306. The average molecular weight is 255 g/mol. The summed E-state index contributed by atoms with van der Waals surface area (Å²) in [6.07, 6.45) is 0. The summed E-state index contributed by atoms with van der Waals surface area (Å²) < 4.78 is 18.4. The molecule has 0 unspecified atom stereocenters. The van der Waals surface area contributed by atoms with Gasteiger partial charge in [0.1, 0.15) is 5.82 Å². The van der Waals surface area contributed by atoms with Crippen LogP contribution in [0.25, 0.3) is 22.9 Å². The van der Waals surface area contributed by atoms with Gasteiger partial charge in [-0.05, 0) is 42.5 Å². The van der Waals surface area contributed by atoms with Crippen LogP contribution in [0.15, 0.2) is 52.9 Å². The van der Waals surface area contributed by atoms with Gasteiger partial charge in [0.2, 0.25) is 11.8 Å². The van der Waals surface area contributed by atoms with Crippen LogP contribution in [0.4, 0.5) is 10.1 Å².